The van der Waals surface area contributed by atoms with Crippen molar-refractivity contribution in [3.05, 3.63) is 17.0 Å². The minimum atomic E-state index is -0.756. The second-order valence-electron chi connectivity index (χ2n) is 3.09. The summed E-state index contributed by atoms with van der Waals surface area (Å²) in [5.74, 6) is -0.529. The molecule has 0 fully saturated rings. The van der Waals surface area contributed by atoms with Crippen LogP contribution in [-0.2, 0) is 11.8 Å². The van der Waals surface area contributed by atoms with Gasteiger partial charge >= 0.3 is 0 Å². The number of nitrogens with zero attached hydrogens (tertiary/aromatic N) is 2. The zero-order chi connectivity index (χ0) is 10.2. The van der Waals surface area contributed by atoms with E-state index in [1.165, 1.54) is 0 Å². The third kappa shape index (κ3) is 1.55. The average molecular weight is 182 g/mol. The summed E-state index contributed by atoms with van der Waals surface area (Å²) < 4.78 is 1.69. The molecule has 0 aromatic carbocycles. The van der Waals surface area contributed by atoms with E-state index in [9.17, 15) is 4.79 Å². The number of aryl methyl sites for hydroxylation is 2. The van der Waals surface area contributed by atoms with Crippen LogP contribution in [0.2, 0.25) is 0 Å². The summed E-state index contributed by atoms with van der Waals surface area (Å²) in [7, 11) is 1.81. The van der Waals surface area contributed by atoms with Gasteiger partial charge in [0, 0.05) is 18.3 Å². The van der Waals surface area contributed by atoms with Crippen molar-refractivity contribution >= 4 is 5.91 Å². The van der Waals surface area contributed by atoms with Crippen molar-refractivity contribution in [3.63, 3.8) is 0 Å². The van der Waals surface area contributed by atoms with Crippen LogP contribution >= 0.6 is 0 Å². The van der Waals surface area contributed by atoms with E-state index < -0.39 is 11.9 Å². The molecule has 1 aromatic rings. The SMILES string of the molecule is Cc1nn(C)c(C)c1C(N)C(N)=O. The van der Waals surface area contributed by atoms with E-state index in [0.29, 0.717) is 0 Å². The molecular weight excluding hydrogens is 168 g/mol. The molecular formula is C8H14N4O. The van der Waals surface area contributed by atoms with Crippen molar-refractivity contribution < 1.29 is 4.79 Å². The van der Waals surface area contributed by atoms with Gasteiger partial charge in [-0.15, -0.1) is 0 Å². The highest BCUT2D eigenvalue weighted by Gasteiger charge is 2.20. The van der Waals surface area contributed by atoms with E-state index >= 15 is 0 Å². The Bertz CT molecular complexity index is 342. The van der Waals surface area contributed by atoms with Crippen molar-refractivity contribution in [1.82, 2.24) is 9.78 Å². The Morgan fingerprint density at radius 3 is 2.38 bits per heavy atom. The van der Waals surface area contributed by atoms with Crippen LogP contribution in [0.4, 0.5) is 0 Å². The van der Waals surface area contributed by atoms with Gasteiger partial charge in [-0.1, -0.05) is 0 Å². The molecule has 0 aliphatic rings. The van der Waals surface area contributed by atoms with Crippen molar-refractivity contribution in [3.8, 4) is 0 Å². The molecule has 1 rings (SSSR count). The van der Waals surface area contributed by atoms with Crippen LogP contribution in [0.1, 0.15) is 23.0 Å². The van der Waals surface area contributed by atoms with E-state index in [2.05, 4.69) is 5.10 Å². The van der Waals surface area contributed by atoms with Gasteiger partial charge in [0.2, 0.25) is 5.91 Å². The molecule has 0 aliphatic heterocycles. The molecule has 0 bridgehead atoms. The summed E-state index contributed by atoms with van der Waals surface area (Å²) in [6, 6.07) is -0.756. The highest BCUT2D eigenvalue weighted by Crippen LogP contribution is 2.18. The van der Waals surface area contributed by atoms with Crippen molar-refractivity contribution in [2.24, 2.45) is 18.5 Å². The lowest BCUT2D eigenvalue weighted by Gasteiger charge is -2.07. The number of hydrogen-bond donors (Lipinski definition) is 2. The maximum Gasteiger partial charge on any atom is 0.239 e. The minimum absolute atomic E-state index is 0.529. The summed E-state index contributed by atoms with van der Waals surface area (Å²) in [4.78, 5) is 10.9. The summed E-state index contributed by atoms with van der Waals surface area (Å²) in [5.41, 5.74) is 13.1. The third-order valence-corrected chi connectivity index (χ3v) is 2.18. The fraction of sp³-hybridized carbons (Fsp3) is 0.500. The second kappa shape index (κ2) is 3.18. The van der Waals surface area contributed by atoms with Gasteiger partial charge in [0.05, 0.1) is 5.69 Å². The molecule has 13 heavy (non-hydrogen) atoms. The first-order chi connectivity index (χ1) is 5.95. The van der Waals surface area contributed by atoms with Crippen LogP contribution < -0.4 is 11.5 Å². The number of primary amides is 1. The van der Waals surface area contributed by atoms with Crippen LogP contribution in [0.25, 0.3) is 0 Å². The molecule has 4 N–H and O–H groups in total. The molecule has 72 valence electrons. The Morgan fingerprint density at radius 1 is 1.54 bits per heavy atom. The van der Waals surface area contributed by atoms with Gasteiger partial charge in [-0.05, 0) is 13.8 Å². The first-order valence-electron chi connectivity index (χ1n) is 4.00. The fourth-order valence-corrected chi connectivity index (χ4v) is 1.38. The van der Waals surface area contributed by atoms with Gasteiger partial charge in [0.15, 0.2) is 0 Å². The third-order valence-electron chi connectivity index (χ3n) is 2.18. The molecule has 0 radical (unpaired) electrons. The Hall–Kier alpha value is -1.36. The number of nitrogens with two attached hydrogens (primary N) is 2. The molecule has 0 spiro atoms. The van der Waals surface area contributed by atoms with Crippen LogP contribution in [-0.4, -0.2) is 15.7 Å². The smallest absolute Gasteiger partial charge is 0.239 e. The van der Waals surface area contributed by atoms with Crippen molar-refractivity contribution in [2.75, 3.05) is 0 Å². The maximum atomic E-state index is 10.9. The predicted octanol–water partition coefficient (Wildman–Crippen LogP) is -0.478. The predicted molar refractivity (Wildman–Crippen MR) is 48.8 cm³/mol. The van der Waals surface area contributed by atoms with E-state index in [4.69, 9.17) is 11.5 Å². The van der Waals surface area contributed by atoms with Crippen LogP contribution in [0.5, 0.6) is 0 Å². The number of rotatable bonds is 2. The fourth-order valence-electron chi connectivity index (χ4n) is 1.38. The molecule has 1 aromatic heterocycles. The molecule has 1 atom stereocenters. The maximum absolute atomic E-state index is 10.9. The lowest BCUT2D eigenvalue weighted by molar-refractivity contribution is -0.119. The molecule has 0 aliphatic carbocycles. The van der Waals surface area contributed by atoms with Crippen LogP contribution in [0.3, 0.4) is 0 Å². The monoisotopic (exact) mass is 182 g/mol. The van der Waals surface area contributed by atoms with E-state index in [1.807, 2.05) is 13.8 Å². The van der Waals surface area contributed by atoms with Crippen molar-refractivity contribution in [2.45, 2.75) is 19.9 Å². The number of carbonyl (C=O) groups excluding carboxylic acids is 1. The lowest BCUT2D eigenvalue weighted by atomic mass is 10.1. The highest BCUT2D eigenvalue weighted by molar-refractivity contribution is 5.81. The topological polar surface area (TPSA) is 86.9 Å². The Balaban J connectivity index is 3.20. The molecule has 5 heteroatoms. The van der Waals surface area contributed by atoms with Gasteiger partial charge in [-0.3, -0.25) is 9.48 Å². The Labute approximate surface area is 76.7 Å². The van der Waals surface area contributed by atoms with Gasteiger partial charge in [0.25, 0.3) is 0 Å². The van der Waals surface area contributed by atoms with Gasteiger partial charge < -0.3 is 11.5 Å². The van der Waals surface area contributed by atoms with Crippen LogP contribution in [0.15, 0.2) is 0 Å². The molecule has 1 heterocycles. The van der Waals surface area contributed by atoms with Crippen LogP contribution in [0, 0.1) is 13.8 Å². The van der Waals surface area contributed by atoms with E-state index in [1.54, 1.807) is 11.7 Å². The normalized spacial score (nSPS) is 12.9. The molecule has 5 nitrogen and oxygen atoms in total. The number of aromatic nitrogens is 2. The molecule has 1 amide bonds. The first-order valence-corrected chi connectivity index (χ1v) is 4.00. The second-order valence-corrected chi connectivity index (χ2v) is 3.09. The summed E-state index contributed by atoms with van der Waals surface area (Å²) >= 11 is 0. The molecule has 0 saturated heterocycles. The standard InChI is InChI=1S/C8H14N4O/c1-4-6(7(9)8(10)13)5(2)12(3)11-4/h7H,9H2,1-3H3,(H2,10,13). The van der Waals surface area contributed by atoms with E-state index in [-0.39, 0.29) is 0 Å². The number of hydrogen-bond acceptors (Lipinski definition) is 3. The Kier molecular flexibility index (Phi) is 2.38. The molecule has 0 saturated carbocycles. The highest BCUT2D eigenvalue weighted by atomic mass is 16.1. The minimum Gasteiger partial charge on any atom is -0.368 e. The van der Waals surface area contributed by atoms with Gasteiger partial charge in [0.1, 0.15) is 6.04 Å². The summed E-state index contributed by atoms with van der Waals surface area (Å²) in [5, 5.41) is 4.14. The number of amides is 1. The quantitative estimate of drug-likeness (QED) is 0.647. The van der Waals surface area contributed by atoms with Gasteiger partial charge in [-0.25, -0.2) is 0 Å². The molecule has 1 unspecified atom stereocenters. The van der Waals surface area contributed by atoms with Crippen molar-refractivity contribution in [1.29, 1.82) is 0 Å². The zero-order valence-electron chi connectivity index (χ0n) is 8.03. The average Bonchev–Trinajstić information content (AvgIpc) is 2.26. The lowest BCUT2D eigenvalue weighted by Crippen LogP contribution is -2.29. The largest absolute Gasteiger partial charge is 0.368 e. The number of carbonyl (C=O) groups is 1. The summed E-state index contributed by atoms with van der Waals surface area (Å²) in [6.45, 7) is 3.67. The summed E-state index contributed by atoms with van der Waals surface area (Å²) in [6.07, 6.45) is 0. The van der Waals surface area contributed by atoms with Gasteiger partial charge in [-0.2, -0.15) is 5.10 Å². The first kappa shape index (κ1) is 9.73. The zero-order valence-corrected chi connectivity index (χ0v) is 8.03. The van der Waals surface area contributed by atoms with E-state index in [0.717, 1.165) is 17.0 Å². The Morgan fingerprint density at radius 2 is 2.08 bits per heavy atom.